The highest BCUT2D eigenvalue weighted by molar-refractivity contribution is 7.84. The number of ether oxygens (including phenoxy) is 4. The van der Waals surface area contributed by atoms with Crippen LogP contribution in [-0.4, -0.2) is 76.9 Å². The maximum Gasteiger partial charge on any atom is 0.508 e. The zero-order valence-corrected chi connectivity index (χ0v) is 22.0. The normalized spacial score (nSPS) is 11.7. The number of hydrogen-bond donors (Lipinski definition) is 0. The van der Waals surface area contributed by atoms with Crippen molar-refractivity contribution in [1.82, 2.24) is 19.4 Å². The fourth-order valence-electron chi connectivity index (χ4n) is 3.60. The first-order valence-electron chi connectivity index (χ1n) is 11.2. The molecule has 0 spiro atoms. The lowest BCUT2D eigenvalue weighted by molar-refractivity contribution is 0.0550. The number of amides is 1. The van der Waals surface area contributed by atoms with E-state index in [9.17, 15) is 13.8 Å². The van der Waals surface area contributed by atoms with Gasteiger partial charge in [0.25, 0.3) is 0 Å². The lowest BCUT2D eigenvalue weighted by atomic mass is 10.1. The number of fused-ring (bicyclic) bond motifs is 1. The van der Waals surface area contributed by atoms with Crippen LogP contribution < -0.4 is 9.47 Å². The highest BCUT2D eigenvalue weighted by Gasteiger charge is 2.25. The van der Waals surface area contributed by atoms with Crippen molar-refractivity contribution < 1.29 is 32.7 Å². The molecule has 0 aliphatic carbocycles. The summed E-state index contributed by atoms with van der Waals surface area (Å²) in [4.78, 5) is 35.2. The lowest BCUT2D eigenvalue weighted by Gasteiger charge is -2.19. The van der Waals surface area contributed by atoms with Gasteiger partial charge >= 0.3 is 12.2 Å². The predicted octanol–water partition coefficient (Wildman–Crippen LogP) is 3.45. The Hall–Kier alpha value is -3.67. The minimum absolute atomic E-state index is 0.0336. The monoisotopic (exact) mass is 518 g/mol. The number of methoxy groups -OCH3 is 2. The number of aryl methyl sites for hydroxylation is 1. The second kappa shape index (κ2) is 11.8. The SMILES string of the molecule is CCOC(=O)OCCN(C)C(=O)n1c([S@](=O)Cc2ncc(C)c(OC)c2C)nc2cc(OC)ccc21. The van der Waals surface area contributed by atoms with Crippen molar-refractivity contribution in [2.75, 3.05) is 41.0 Å². The Labute approximate surface area is 211 Å². The first-order valence-corrected chi connectivity index (χ1v) is 12.5. The van der Waals surface area contributed by atoms with E-state index in [2.05, 4.69) is 9.97 Å². The Morgan fingerprint density at radius 2 is 1.89 bits per heavy atom. The number of aromatic nitrogens is 3. The van der Waals surface area contributed by atoms with E-state index in [0.717, 1.165) is 11.1 Å². The molecule has 1 amide bonds. The third-order valence-electron chi connectivity index (χ3n) is 5.48. The molecule has 12 heteroatoms. The van der Waals surface area contributed by atoms with E-state index in [0.29, 0.717) is 28.2 Å². The van der Waals surface area contributed by atoms with Crippen LogP contribution in [0.4, 0.5) is 9.59 Å². The quantitative estimate of drug-likeness (QED) is 0.392. The molecule has 3 aromatic rings. The van der Waals surface area contributed by atoms with Gasteiger partial charge in [-0.25, -0.2) is 19.1 Å². The van der Waals surface area contributed by atoms with E-state index in [1.165, 1.54) is 16.6 Å². The molecule has 11 nitrogen and oxygen atoms in total. The van der Waals surface area contributed by atoms with Gasteiger partial charge in [-0.15, -0.1) is 0 Å². The van der Waals surface area contributed by atoms with Gasteiger partial charge in [0.05, 0.1) is 60.7 Å². The summed E-state index contributed by atoms with van der Waals surface area (Å²) >= 11 is 0. The molecule has 36 heavy (non-hydrogen) atoms. The molecule has 0 N–H and O–H groups in total. The summed E-state index contributed by atoms with van der Waals surface area (Å²) in [6, 6.07) is 4.56. The summed E-state index contributed by atoms with van der Waals surface area (Å²) in [5, 5.41) is 0.0714. The summed E-state index contributed by atoms with van der Waals surface area (Å²) in [5.74, 6) is 1.26. The molecule has 194 valence electrons. The highest BCUT2D eigenvalue weighted by Crippen LogP contribution is 2.28. The third-order valence-corrected chi connectivity index (χ3v) is 6.70. The van der Waals surface area contributed by atoms with Gasteiger partial charge in [-0.1, -0.05) is 0 Å². The number of hydrogen-bond acceptors (Lipinski definition) is 9. The summed E-state index contributed by atoms with van der Waals surface area (Å²) in [7, 11) is 2.92. The first-order chi connectivity index (χ1) is 17.2. The van der Waals surface area contributed by atoms with Crippen molar-refractivity contribution in [3.8, 4) is 11.5 Å². The van der Waals surface area contributed by atoms with E-state index in [4.69, 9.17) is 18.9 Å². The number of nitrogens with zero attached hydrogens (tertiary/aromatic N) is 4. The minimum Gasteiger partial charge on any atom is -0.497 e. The average molecular weight is 519 g/mol. The van der Waals surface area contributed by atoms with Crippen molar-refractivity contribution in [2.45, 2.75) is 31.7 Å². The van der Waals surface area contributed by atoms with Crippen molar-refractivity contribution in [2.24, 2.45) is 0 Å². The zero-order chi connectivity index (χ0) is 26.4. The fourth-order valence-corrected chi connectivity index (χ4v) is 4.85. The summed E-state index contributed by atoms with van der Waals surface area (Å²) in [6.45, 7) is 5.62. The summed E-state index contributed by atoms with van der Waals surface area (Å²) in [5.41, 5.74) is 3.14. The van der Waals surface area contributed by atoms with Crippen LogP contribution in [-0.2, 0) is 26.0 Å². The van der Waals surface area contributed by atoms with Gasteiger partial charge in [0, 0.05) is 30.4 Å². The van der Waals surface area contributed by atoms with E-state index < -0.39 is 23.0 Å². The number of pyridine rings is 1. The van der Waals surface area contributed by atoms with Gasteiger partial charge in [0.15, 0.2) is 0 Å². The lowest BCUT2D eigenvalue weighted by Crippen LogP contribution is -2.35. The Balaban J connectivity index is 1.95. The molecule has 0 aliphatic heterocycles. The third kappa shape index (κ3) is 5.76. The fraction of sp³-hybridized carbons (Fsp3) is 0.417. The van der Waals surface area contributed by atoms with Crippen LogP contribution >= 0.6 is 0 Å². The van der Waals surface area contributed by atoms with Gasteiger partial charge < -0.3 is 23.8 Å². The second-order valence-corrected chi connectivity index (χ2v) is 9.20. The van der Waals surface area contributed by atoms with Crippen LogP contribution in [0.2, 0.25) is 0 Å². The Morgan fingerprint density at radius 3 is 2.56 bits per heavy atom. The molecular formula is C24H30N4O7S. The zero-order valence-electron chi connectivity index (χ0n) is 21.2. The summed E-state index contributed by atoms with van der Waals surface area (Å²) < 4.78 is 35.3. The molecule has 2 aromatic heterocycles. The largest absolute Gasteiger partial charge is 0.508 e. The standard InChI is InChI=1S/C24H30N4O7S/c1-7-34-24(30)35-11-10-27(4)23(29)28-20-9-8-17(32-5)12-18(20)26-22(28)36(31)14-19-16(3)21(33-6)15(2)13-25-19/h8-9,12-13H,7,10-11,14H2,1-6H3/t36-/m1/s1. The maximum atomic E-state index is 13.6. The van der Waals surface area contributed by atoms with E-state index in [1.54, 1.807) is 45.5 Å². The molecule has 0 aliphatic rings. The average Bonchev–Trinajstić information content (AvgIpc) is 3.24. The van der Waals surface area contributed by atoms with Gasteiger partial charge in [-0.2, -0.15) is 0 Å². The number of likely N-dealkylation sites (N-methyl/N-ethyl adjacent to an activating group) is 1. The van der Waals surface area contributed by atoms with Crippen LogP contribution in [0.1, 0.15) is 23.7 Å². The molecule has 0 unspecified atom stereocenters. The topological polar surface area (TPSA) is 122 Å². The van der Waals surface area contributed by atoms with E-state index in [-0.39, 0.29) is 30.7 Å². The Bertz CT molecular complexity index is 1290. The molecule has 0 bridgehead atoms. The number of rotatable bonds is 9. The molecule has 2 heterocycles. The van der Waals surface area contributed by atoms with Gasteiger partial charge in [-0.3, -0.25) is 9.19 Å². The van der Waals surface area contributed by atoms with Crippen molar-refractivity contribution >= 4 is 34.0 Å². The number of carbonyl (C=O) groups is 2. The molecule has 1 atom stereocenters. The van der Waals surface area contributed by atoms with E-state index >= 15 is 0 Å². The van der Waals surface area contributed by atoms with Crippen molar-refractivity contribution in [3.05, 3.63) is 41.2 Å². The Kier molecular flexibility index (Phi) is 8.86. The molecule has 0 saturated carbocycles. The Morgan fingerprint density at radius 1 is 1.14 bits per heavy atom. The number of benzene rings is 1. The van der Waals surface area contributed by atoms with Crippen molar-refractivity contribution in [3.63, 3.8) is 0 Å². The summed E-state index contributed by atoms with van der Waals surface area (Å²) in [6.07, 6.45) is 0.853. The molecule has 0 radical (unpaired) electrons. The predicted molar refractivity (Wildman–Crippen MR) is 133 cm³/mol. The van der Waals surface area contributed by atoms with Crippen LogP contribution in [0.15, 0.2) is 29.6 Å². The maximum absolute atomic E-state index is 13.6. The molecular weight excluding hydrogens is 488 g/mol. The van der Waals surface area contributed by atoms with Crippen LogP contribution in [0.3, 0.4) is 0 Å². The van der Waals surface area contributed by atoms with E-state index in [1.807, 2.05) is 13.8 Å². The van der Waals surface area contributed by atoms with Crippen molar-refractivity contribution in [1.29, 1.82) is 0 Å². The van der Waals surface area contributed by atoms with Crippen LogP contribution in [0, 0.1) is 13.8 Å². The van der Waals surface area contributed by atoms with Gasteiger partial charge in [-0.05, 0) is 32.9 Å². The minimum atomic E-state index is -1.73. The number of carbonyl (C=O) groups excluding carboxylic acids is 2. The molecule has 0 saturated heterocycles. The molecule has 1 aromatic carbocycles. The highest BCUT2D eigenvalue weighted by atomic mass is 32.2. The second-order valence-electron chi connectivity index (χ2n) is 7.86. The first kappa shape index (κ1) is 26.9. The molecule has 0 fully saturated rings. The van der Waals surface area contributed by atoms with Crippen LogP contribution in [0.25, 0.3) is 11.0 Å². The van der Waals surface area contributed by atoms with Gasteiger partial charge in [0.1, 0.15) is 18.1 Å². The smallest absolute Gasteiger partial charge is 0.497 e. The van der Waals surface area contributed by atoms with Gasteiger partial charge in [0.2, 0.25) is 5.16 Å². The number of imidazole rings is 1. The van der Waals surface area contributed by atoms with Crippen LogP contribution in [0.5, 0.6) is 11.5 Å². The molecule has 3 rings (SSSR count).